The molecule has 0 atom stereocenters. The summed E-state index contributed by atoms with van der Waals surface area (Å²) in [5, 5.41) is 0. The van der Waals surface area contributed by atoms with Crippen molar-refractivity contribution in [1.82, 2.24) is 0 Å². The molecule has 1 nitrogen and oxygen atoms in total. The molecule has 0 spiro atoms. The van der Waals surface area contributed by atoms with Gasteiger partial charge in [0.05, 0.1) is 0 Å². The van der Waals surface area contributed by atoms with Crippen molar-refractivity contribution in [2.24, 2.45) is 0 Å². The first-order valence-corrected chi connectivity index (χ1v) is 7.81. The molecule has 23 heavy (non-hydrogen) atoms. The van der Waals surface area contributed by atoms with E-state index in [0.717, 1.165) is 29.1 Å². The van der Waals surface area contributed by atoms with Crippen molar-refractivity contribution in [3.63, 3.8) is 0 Å². The predicted octanol–water partition coefficient (Wildman–Crippen LogP) is 6.10. The SMILES string of the molecule is C=C/C=C(\C=C/C)N(C1=CCC=C(C=C)C=C1)c1ccccc1. The molecule has 2 rings (SSSR count). The molecule has 0 amide bonds. The van der Waals surface area contributed by atoms with Crippen molar-refractivity contribution in [2.75, 3.05) is 4.90 Å². The molecule has 1 aromatic rings. The molecule has 1 aliphatic carbocycles. The van der Waals surface area contributed by atoms with Crippen LogP contribution in [0.2, 0.25) is 0 Å². The van der Waals surface area contributed by atoms with Crippen molar-refractivity contribution in [3.05, 3.63) is 115 Å². The summed E-state index contributed by atoms with van der Waals surface area (Å²) < 4.78 is 0. The lowest BCUT2D eigenvalue weighted by Gasteiger charge is -2.27. The van der Waals surface area contributed by atoms with Crippen LogP contribution in [0.15, 0.2) is 115 Å². The van der Waals surface area contributed by atoms with Gasteiger partial charge in [-0.25, -0.2) is 0 Å². The van der Waals surface area contributed by atoms with E-state index in [9.17, 15) is 0 Å². The van der Waals surface area contributed by atoms with E-state index in [-0.39, 0.29) is 0 Å². The average molecular weight is 301 g/mol. The molecule has 1 aliphatic rings. The molecular weight excluding hydrogens is 278 g/mol. The molecular formula is C22H23N. The number of benzene rings is 1. The molecule has 1 aromatic carbocycles. The molecule has 1 heteroatoms. The highest BCUT2D eigenvalue weighted by Gasteiger charge is 2.13. The van der Waals surface area contributed by atoms with Gasteiger partial charge >= 0.3 is 0 Å². The zero-order chi connectivity index (χ0) is 16.5. The van der Waals surface area contributed by atoms with E-state index in [1.807, 2.05) is 37.3 Å². The lowest BCUT2D eigenvalue weighted by molar-refractivity contribution is 1.12. The van der Waals surface area contributed by atoms with Gasteiger partial charge < -0.3 is 4.90 Å². The van der Waals surface area contributed by atoms with Crippen LogP contribution in [0.5, 0.6) is 0 Å². The van der Waals surface area contributed by atoms with Crippen LogP contribution in [0, 0.1) is 0 Å². The second-order valence-corrected chi connectivity index (χ2v) is 5.10. The predicted molar refractivity (Wildman–Crippen MR) is 102 cm³/mol. The zero-order valence-corrected chi connectivity index (χ0v) is 13.7. The quantitative estimate of drug-likeness (QED) is 0.574. The first-order chi connectivity index (χ1) is 11.3. The van der Waals surface area contributed by atoms with Crippen LogP contribution in [-0.2, 0) is 0 Å². The number of hydrogen-bond acceptors (Lipinski definition) is 1. The molecule has 0 fully saturated rings. The van der Waals surface area contributed by atoms with Gasteiger partial charge in [0.1, 0.15) is 0 Å². The second-order valence-electron chi connectivity index (χ2n) is 5.10. The van der Waals surface area contributed by atoms with Crippen molar-refractivity contribution >= 4 is 5.69 Å². The van der Waals surface area contributed by atoms with E-state index < -0.39 is 0 Å². The second kappa shape index (κ2) is 8.60. The number of para-hydroxylation sites is 1. The molecule has 0 radical (unpaired) electrons. The minimum Gasteiger partial charge on any atom is -0.311 e. The van der Waals surface area contributed by atoms with Crippen molar-refractivity contribution in [3.8, 4) is 0 Å². The Morgan fingerprint density at radius 2 is 1.87 bits per heavy atom. The fourth-order valence-corrected chi connectivity index (χ4v) is 2.47. The highest BCUT2D eigenvalue weighted by Crippen LogP contribution is 2.27. The molecule has 116 valence electrons. The number of hydrogen-bond donors (Lipinski definition) is 0. The van der Waals surface area contributed by atoms with Crippen molar-refractivity contribution < 1.29 is 0 Å². The molecule has 0 N–H and O–H groups in total. The van der Waals surface area contributed by atoms with Crippen LogP contribution in [-0.4, -0.2) is 0 Å². The Labute approximate surface area is 139 Å². The Balaban J connectivity index is 2.50. The molecule has 0 bridgehead atoms. The summed E-state index contributed by atoms with van der Waals surface area (Å²) in [5.41, 5.74) is 4.48. The van der Waals surface area contributed by atoms with E-state index in [4.69, 9.17) is 0 Å². The fraction of sp³-hybridized carbons (Fsp3) is 0.0909. The van der Waals surface area contributed by atoms with Gasteiger partial charge in [-0.15, -0.1) is 0 Å². The van der Waals surface area contributed by atoms with Crippen LogP contribution >= 0.6 is 0 Å². The summed E-state index contributed by atoms with van der Waals surface area (Å²) in [5.74, 6) is 0. The van der Waals surface area contributed by atoms with E-state index in [2.05, 4.69) is 72.7 Å². The third kappa shape index (κ3) is 4.33. The minimum absolute atomic E-state index is 0.879. The maximum Gasteiger partial charge on any atom is 0.0461 e. The van der Waals surface area contributed by atoms with Crippen molar-refractivity contribution in [1.29, 1.82) is 0 Å². The zero-order valence-electron chi connectivity index (χ0n) is 13.7. The highest BCUT2D eigenvalue weighted by atomic mass is 15.1. The molecule has 0 saturated carbocycles. The maximum absolute atomic E-state index is 3.86. The smallest absolute Gasteiger partial charge is 0.0461 e. The van der Waals surface area contributed by atoms with E-state index in [0.29, 0.717) is 0 Å². The topological polar surface area (TPSA) is 3.24 Å². The molecule has 0 aliphatic heterocycles. The third-order valence-corrected chi connectivity index (χ3v) is 3.52. The Kier molecular flexibility index (Phi) is 6.19. The Hall–Kier alpha value is -2.80. The summed E-state index contributed by atoms with van der Waals surface area (Å²) in [4.78, 5) is 2.23. The monoisotopic (exact) mass is 301 g/mol. The summed E-state index contributed by atoms with van der Waals surface area (Å²) >= 11 is 0. The van der Waals surface area contributed by atoms with Gasteiger partial charge in [0.2, 0.25) is 0 Å². The largest absolute Gasteiger partial charge is 0.311 e. The number of anilines is 1. The molecule has 0 unspecified atom stereocenters. The van der Waals surface area contributed by atoms with Crippen LogP contribution in [0.1, 0.15) is 13.3 Å². The standard InChI is InChI=1S/C22H23N/c1-4-11-20(12-5-2)23(21-14-8-7-9-15-21)22-16-10-13-19(6-3)17-18-22/h4-9,11-18H,1,3,10H2,2H3/b12-5-,20-11+. The van der Waals surface area contributed by atoms with E-state index >= 15 is 0 Å². The van der Waals surface area contributed by atoms with Crippen LogP contribution < -0.4 is 4.90 Å². The van der Waals surface area contributed by atoms with Gasteiger partial charge in [0.15, 0.2) is 0 Å². The van der Waals surface area contributed by atoms with Crippen LogP contribution in [0.4, 0.5) is 5.69 Å². The number of rotatable bonds is 6. The van der Waals surface area contributed by atoms with Gasteiger partial charge in [-0.3, -0.25) is 0 Å². The Morgan fingerprint density at radius 3 is 2.52 bits per heavy atom. The van der Waals surface area contributed by atoms with Crippen LogP contribution in [0.3, 0.4) is 0 Å². The highest BCUT2D eigenvalue weighted by molar-refractivity contribution is 5.63. The minimum atomic E-state index is 0.879. The Morgan fingerprint density at radius 1 is 1.09 bits per heavy atom. The third-order valence-electron chi connectivity index (χ3n) is 3.52. The molecule has 0 aromatic heterocycles. The molecule has 0 heterocycles. The molecule has 0 saturated heterocycles. The van der Waals surface area contributed by atoms with Gasteiger partial charge in [0.25, 0.3) is 0 Å². The average Bonchev–Trinajstić information content (AvgIpc) is 2.82. The van der Waals surface area contributed by atoms with Gasteiger partial charge in [-0.2, -0.15) is 0 Å². The Bertz CT molecular complexity index is 697. The van der Waals surface area contributed by atoms with Gasteiger partial charge in [-0.05, 0) is 49.3 Å². The lowest BCUT2D eigenvalue weighted by atomic mass is 10.2. The first kappa shape index (κ1) is 16.6. The fourth-order valence-electron chi connectivity index (χ4n) is 2.47. The van der Waals surface area contributed by atoms with Crippen LogP contribution in [0.25, 0.3) is 0 Å². The number of allylic oxidation sites excluding steroid dienone is 10. The lowest BCUT2D eigenvalue weighted by Crippen LogP contribution is -2.19. The first-order valence-electron chi connectivity index (χ1n) is 7.81. The normalized spacial score (nSPS) is 14.9. The summed E-state index contributed by atoms with van der Waals surface area (Å²) in [7, 11) is 0. The summed E-state index contributed by atoms with van der Waals surface area (Å²) in [6.07, 6.45) is 19.4. The van der Waals surface area contributed by atoms with Gasteiger partial charge in [0, 0.05) is 17.1 Å². The van der Waals surface area contributed by atoms with E-state index in [1.165, 1.54) is 0 Å². The summed E-state index contributed by atoms with van der Waals surface area (Å²) in [6.45, 7) is 9.73. The number of nitrogens with zero attached hydrogens (tertiary/aromatic N) is 1. The van der Waals surface area contributed by atoms with Gasteiger partial charge in [-0.1, -0.05) is 67.8 Å². The maximum atomic E-state index is 3.86. The van der Waals surface area contributed by atoms with E-state index in [1.54, 1.807) is 0 Å². The van der Waals surface area contributed by atoms with Crippen molar-refractivity contribution in [2.45, 2.75) is 13.3 Å². The summed E-state index contributed by atoms with van der Waals surface area (Å²) in [6, 6.07) is 10.4.